The number of aliphatic hydroxyl groups excluding tert-OH is 1. The van der Waals surface area contributed by atoms with Gasteiger partial charge < -0.3 is 10.4 Å². The number of carbonyl (C=O) groups excluding carboxylic acids is 1. The first kappa shape index (κ1) is 12.6. The lowest BCUT2D eigenvalue weighted by atomic mass is 9.95. The molecule has 1 unspecified atom stereocenters. The first-order chi connectivity index (χ1) is 7.93. The summed E-state index contributed by atoms with van der Waals surface area (Å²) in [5.74, 6) is 1.30. The first-order valence-corrected chi connectivity index (χ1v) is 6.54. The molecule has 2 rings (SSSR count). The van der Waals surface area contributed by atoms with Crippen LogP contribution in [0.4, 0.5) is 0 Å². The van der Waals surface area contributed by atoms with Gasteiger partial charge in [-0.15, -0.1) is 0 Å². The van der Waals surface area contributed by atoms with Gasteiger partial charge >= 0.3 is 0 Å². The average Bonchev–Trinajstić information content (AvgIpc) is 2.64. The zero-order valence-corrected chi connectivity index (χ0v) is 11.2. The Kier molecular flexibility index (Phi) is 3.06. The Morgan fingerprint density at radius 3 is 2.71 bits per heavy atom. The number of fused-ring (bicyclic) bond motifs is 1. The number of carbonyl (C=O) groups is 1. The van der Waals surface area contributed by atoms with Crippen molar-refractivity contribution in [2.75, 3.05) is 6.61 Å². The predicted octanol–water partition coefficient (Wildman–Crippen LogP) is 1.87. The normalized spacial score (nSPS) is 34.3. The fourth-order valence-corrected chi connectivity index (χ4v) is 3.28. The molecule has 3 atom stereocenters. The molecule has 3 nitrogen and oxygen atoms in total. The molecule has 0 heterocycles. The zero-order valence-electron chi connectivity index (χ0n) is 11.2. The van der Waals surface area contributed by atoms with E-state index in [9.17, 15) is 9.90 Å². The van der Waals surface area contributed by atoms with E-state index in [1.807, 2.05) is 13.8 Å². The highest BCUT2D eigenvalue weighted by Gasteiger charge is 2.65. The van der Waals surface area contributed by atoms with Crippen LogP contribution in [0, 0.1) is 17.3 Å². The third-order valence-electron chi connectivity index (χ3n) is 4.61. The van der Waals surface area contributed by atoms with Gasteiger partial charge in [-0.2, -0.15) is 0 Å². The summed E-state index contributed by atoms with van der Waals surface area (Å²) in [6.07, 6.45) is 1.58. The second-order valence-electron chi connectivity index (χ2n) is 6.00. The quantitative estimate of drug-likeness (QED) is 0.734. The minimum Gasteiger partial charge on any atom is -0.394 e. The van der Waals surface area contributed by atoms with E-state index < -0.39 is 0 Å². The maximum atomic E-state index is 11.9. The fraction of sp³-hybridized carbons (Fsp3) is 0.786. The summed E-state index contributed by atoms with van der Waals surface area (Å²) >= 11 is 0. The summed E-state index contributed by atoms with van der Waals surface area (Å²) in [5, 5.41) is 12.5. The Hall–Kier alpha value is -0.830. The SMILES string of the molecule is CCC(CO)N/C(C)=C1\C(=O)C[C@@H]2[C@H]1C2(C)C. The van der Waals surface area contributed by atoms with Gasteiger partial charge in [0.05, 0.1) is 6.61 Å². The summed E-state index contributed by atoms with van der Waals surface area (Å²) in [6.45, 7) is 8.61. The number of hydrogen-bond acceptors (Lipinski definition) is 3. The Morgan fingerprint density at radius 2 is 2.24 bits per heavy atom. The van der Waals surface area contributed by atoms with Gasteiger partial charge in [0, 0.05) is 23.7 Å². The first-order valence-electron chi connectivity index (χ1n) is 6.54. The molecule has 17 heavy (non-hydrogen) atoms. The number of allylic oxidation sites excluding steroid dienone is 2. The molecule has 2 N–H and O–H groups in total. The Morgan fingerprint density at radius 1 is 1.59 bits per heavy atom. The van der Waals surface area contributed by atoms with Crippen molar-refractivity contribution in [3.63, 3.8) is 0 Å². The molecule has 0 amide bonds. The van der Waals surface area contributed by atoms with Gasteiger partial charge in [0.1, 0.15) is 0 Å². The molecule has 2 saturated carbocycles. The minimum atomic E-state index is 0.0659. The third-order valence-corrected chi connectivity index (χ3v) is 4.61. The molecule has 2 fully saturated rings. The van der Waals surface area contributed by atoms with Crippen LogP contribution in [0.2, 0.25) is 0 Å². The van der Waals surface area contributed by atoms with Gasteiger partial charge in [0.2, 0.25) is 0 Å². The summed E-state index contributed by atoms with van der Waals surface area (Å²) < 4.78 is 0. The topological polar surface area (TPSA) is 49.3 Å². The van der Waals surface area contributed by atoms with Crippen molar-refractivity contribution in [2.24, 2.45) is 17.3 Å². The lowest BCUT2D eigenvalue weighted by Crippen LogP contribution is -2.32. The Bertz CT molecular complexity index is 366. The van der Waals surface area contributed by atoms with Crippen LogP contribution in [0.1, 0.15) is 40.5 Å². The van der Waals surface area contributed by atoms with E-state index in [0.717, 1.165) is 17.7 Å². The van der Waals surface area contributed by atoms with Gasteiger partial charge in [0.15, 0.2) is 5.78 Å². The number of rotatable bonds is 4. The average molecular weight is 237 g/mol. The van der Waals surface area contributed by atoms with Crippen molar-refractivity contribution in [1.82, 2.24) is 5.32 Å². The van der Waals surface area contributed by atoms with E-state index in [1.54, 1.807) is 0 Å². The van der Waals surface area contributed by atoms with E-state index in [-0.39, 0.29) is 12.6 Å². The summed E-state index contributed by atoms with van der Waals surface area (Å²) in [7, 11) is 0. The fourth-order valence-electron chi connectivity index (χ4n) is 3.28. The maximum absolute atomic E-state index is 11.9. The van der Waals surface area contributed by atoms with Crippen molar-refractivity contribution < 1.29 is 9.90 Å². The molecular formula is C14H23NO2. The van der Waals surface area contributed by atoms with Crippen LogP contribution in [0.3, 0.4) is 0 Å². The van der Waals surface area contributed by atoms with E-state index >= 15 is 0 Å². The molecule has 0 bridgehead atoms. The number of hydrogen-bond donors (Lipinski definition) is 2. The highest BCUT2D eigenvalue weighted by molar-refractivity contribution is 6.01. The van der Waals surface area contributed by atoms with Crippen molar-refractivity contribution >= 4 is 5.78 Å². The molecule has 2 aliphatic rings. The van der Waals surface area contributed by atoms with Crippen molar-refractivity contribution in [2.45, 2.75) is 46.6 Å². The predicted molar refractivity (Wildman–Crippen MR) is 67.4 cm³/mol. The van der Waals surface area contributed by atoms with E-state index in [2.05, 4.69) is 19.2 Å². The standard InChI is InChI=1S/C14H23NO2/c1-5-9(7-16)15-8(2)12-11(17)6-10-13(12)14(10,3)4/h9-10,13,15-16H,5-7H2,1-4H3/b12-8+/t9?,10-,13-/m1/s1. The van der Waals surface area contributed by atoms with Gasteiger partial charge in [-0.3, -0.25) is 4.79 Å². The third kappa shape index (κ3) is 1.90. The van der Waals surface area contributed by atoms with Crippen LogP contribution < -0.4 is 5.32 Å². The smallest absolute Gasteiger partial charge is 0.161 e. The second-order valence-corrected chi connectivity index (χ2v) is 6.00. The molecule has 96 valence electrons. The van der Waals surface area contributed by atoms with Crippen molar-refractivity contribution in [3.05, 3.63) is 11.3 Å². The number of aliphatic hydroxyl groups is 1. The van der Waals surface area contributed by atoms with Gasteiger partial charge in [0.25, 0.3) is 0 Å². The maximum Gasteiger partial charge on any atom is 0.161 e. The van der Waals surface area contributed by atoms with Crippen LogP contribution in [0.25, 0.3) is 0 Å². The van der Waals surface area contributed by atoms with Crippen LogP contribution in [0.5, 0.6) is 0 Å². The molecule has 0 spiro atoms. The van der Waals surface area contributed by atoms with Gasteiger partial charge in [-0.05, 0) is 30.6 Å². The van der Waals surface area contributed by atoms with Crippen LogP contribution >= 0.6 is 0 Å². The molecular weight excluding hydrogens is 214 g/mol. The zero-order chi connectivity index (χ0) is 12.8. The minimum absolute atomic E-state index is 0.0659. The van der Waals surface area contributed by atoms with Crippen LogP contribution in [0.15, 0.2) is 11.3 Å². The molecule has 0 saturated heterocycles. The van der Waals surface area contributed by atoms with Gasteiger partial charge in [-0.1, -0.05) is 20.8 Å². The number of Topliss-reactive ketones (excluding diaryl/α,β-unsaturated/α-hetero) is 1. The summed E-state index contributed by atoms with van der Waals surface area (Å²) in [5.41, 5.74) is 2.27. The summed E-state index contributed by atoms with van der Waals surface area (Å²) in [6, 6.07) is 0.0659. The highest BCUT2D eigenvalue weighted by atomic mass is 16.3. The van der Waals surface area contributed by atoms with Crippen molar-refractivity contribution in [3.8, 4) is 0 Å². The number of ketones is 1. The molecule has 0 aromatic carbocycles. The van der Waals surface area contributed by atoms with Gasteiger partial charge in [-0.25, -0.2) is 0 Å². The molecule has 2 aliphatic carbocycles. The van der Waals surface area contributed by atoms with Crippen LogP contribution in [-0.4, -0.2) is 23.5 Å². The van der Waals surface area contributed by atoms with E-state index in [1.165, 1.54) is 0 Å². The van der Waals surface area contributed by atoms with E-state index in [0.29, 0.717) is 29.5 Å². The van der Waals surface area contributed by atoms with Crippen molar-refractivity contribution in [1.29, 1.82) is 0 Å². The molecule has 3 heteroatoms. The largest absolute Gasteiger partial charge is 0.394 e. The summed E-state index contributed by atoms with van der Waals surface area (Å²) in [4.78, 5) is 11.9. The Balaban J connectivity index is 2.17. The molecule has 0 aromatic rings. The number of nitrogens with one attached hydrogen (secondary N) is 1. The molecule has 0 radical (unpaired) electrons. The highest BCUT2D eigenvalue weighted by Crippen LogP contribution is 2.68. The lowest BCUT2D eigenvalue weighted by molar-refractivity contribution is -0.115. The molecule has 0 aliphatic heterocycles. The monoisotopic (exact) mass is 237 g/mol. The second kappa shape index (κ2) is 4.13. The van der Waals surface area contributed by atoms with E-state index in [4.69, 9.17) is 0 Å². The van der Waals surface area contributed by atoms with Crippen LogP contribution in [-0.2, 0) is 4.79 Å². The molecule has 0 aromatic heterocycles. The Labute approximate surface area is 103 Å². The lowest BCUT2D eigenvalue weighted by Gasteiger charge is -2.19.